The summed E-state index contributed by atoms with van der Waals surface area (Å²) < 4.78 is 0. The Morgan fingerprint density at radius 3 is 2.41 bits per heavy atom. The second-order valence-corrected chi connectivity index (χ2v) is 3.71. The zero-order valence-corrected chi connectivity index (χ0v) is 9.30. The van der Waals surface area contributed by atoms with E-state index in [4.69, 9.17) is 10.2 Å². The van der Waals surface area contributed by atoms with Crippen LogP contribution in [0.3, 0.4) is 0 Å². The van der Waals surface area contributed by atoms with Gasteiger partial charge < -0.3 is 15.5 Å². The maximum Gasteiger partial charge on any atom is 0.312 e. The van der Waals surface area contributed by atoms with E-state index in [2.05, 4.69) is 5.32 Å². The van der Waals surface area contributed by atoms with Crippen molar-refractivity contribution in [3.05, 3.63) is 35.9 Å². The molecule has 1 amide bonds. The van der Waals surface area contributed by atoms with E-state index in [1.807, 2.05) is 30.3 Å². The second-order valence-electron chi connectivity index (χ2n) is 3.71. The van der Waals surface area contributed by atoms with Crippen molar-refractivity contribution in [1.29, 1.82) is 0 Å². The average molecular weight is 237 g/mol. The lowest BCUT2D eigenvalue weighted by molar-refractivity contribution is -0.140. The minimum absolute atomic E-state index is 0.222. The predicted octanol–water partition coefficient (Wildman–Crippen LogP) is 0.181. The third kappa shape index (κ3) is 5.12. The monoisotopic (exact) mass is 237 g/mol. The number of carbonyl (C=O) groups excluding carboxylic acids is 1. The van der Waals surface area contributed by atoms with Crippen molar-refractivity contribution in [2.24, 2.45) is 0 Å². The van der Waals surface area contributed by atoms with Crippen molar-refractivity contribution in [3.8, 4) is 0 Å². The highest BCUT2D eigenvalue weighted by Gasteiger charge is 2.14. The molecule has 0 bridgehead atoms. The molecule has 5 nitrogen and oxygen atoms in total. The summed E-state index contributed by atoms with van der Waals surface area (Å²) in [4.78, 5) is 21.5. The normalized spacial score (nSPS) is 11.8. The van der Waals surface area contributed by atoms with Gasteiger partial charge in [0.15, 0.2) is 0 Å². The van der Waals surface area contributed by atoms with Crippen LogP contribution in [-0.2, 0) is 16.0 Å². The number of hydrogen-bond acceptors (Lipinski definition) is 3. The number of carboxylic acids is 1. The van der Waals surface area contributed by atoms with Crippen molar-refractivity contribution in [2.45, 2.75) is 18.9 Å². The van der Waals surface area contributed by atoms with Crippen LogP contribution >= 0.6 is 0 Å². The van der Waals surface area contributed by atoms with Gasteiger partial charge in [0.2, 0.25) is 5.91 Å². The minimum atomic E-state index is -1.18. The van der Waals surface area contributed by atoms with Gasteiger partial charge in [0.1, 0.15) is 6.42 Å². The number of amides is 1. The third-order valence-corrected chi connectivity index (χ3v) is 2.22. The Kier molecular flexibility index (Phi) is 5.16. The molecule has 3 N–H and O–H groups in total. The summed E-state index contributed by atoms with van der Waals surface area (Å²) in [6.45, 7) is -0.222. The molecule has 0 aromatic heterocycles. The molecule has 0 saturated heterocycles. The van der Waals surface area contributed by atoms with Gasteiger partial charge in [-0.3, -0.25) is 9.59 Å². The Balaban J connectivity index is 2.49. The van der Waals surface area contributed by atoms with Gasteiger partial charge in [0.05, 0.1) is 12.6 Å². The summed E-state index contributed by atoms with van der Waals surface area (Å²) in [5, 5.41) is 20.0. The molecule has 0 fully saturated rings. The average Bonchev–Trinajstić information content (AvgIpc) is 2.28. The standard InChI is InChI=1S/C12H15NO4/c14-8-10(13-11(15)7-12(16)17)6-9-4-2-1-3-5-9/h1-5,10,14H,6-8H2,(H,13,15)(H,16,17)/t10-/m0/s1. The fourth-order valence-corrected chi connectivity index (χ4v) is 1.48. The van der Waals surface area contributed by atoms with Crippen LogP contribution in [0.15, 0.2) is 30.3 Å². The van der Waals surface area contributed by atoms with Crippen LogP contribution in [0.2, 0.25) is 0 Å². The van der Waals surface area contributed by atoms with Crippen molar-refractivity contribution in [2.75, 3.05) is 6.61 Å². The number of aliphatic carboxylic acids is 1. The van der Waals surface area contributed by atoms with Gasteiger partial charge in [-0.15, -0.1) is 0 Å². The van der Waals surface area contributed by atoms with Crippen LogP contribution in [0.4, 0.5) is 0 Å². The molecule has 1 aromatic rings. The van der Waals surface area contributed by atoms with E-state index in [9.17, 15) is 9.59 Å². The van der Waals surface area contributed by atoms with E-state index in [-0.39, 0.29) is 6.61 Å². The molecule has 0 aliphatic heterocycles. The number of aliphatic hydroxyl groups is 1. The number of carboxylic acid groups (broad SMARTS) is 1. The van der Waals surface area contributed by atoms with E-state index in [1.54, 1.807) is 0 Å². The molecule has 17 heavy (non-hydrogen) atoms. The third-order valence-electron chi connectivity index (χ3n) is 2.22. The molecule has 92 valence electrons. The molecule has 0 aliphatic carbocycles. The number of rotatable bonds is 6. The Hall–Kier alpha value is -1.88. The van der Waals surface area contributed by atoms with Gasteiger partial charge >= 0.3 is 5.97 Å². The zero-order chi connectivity index (χ0) is 12.7. The Bertz CT molecular complexity index is 377. The van der Waals surface area contributed by atoms with E-state index < -0.39 is 24.3 Å². The van der Waals surface area contributed by atoms with Crippen molar-refractivity contribution in [1.82, 2.24) is 5.32 Å². The van der Waals surface area contributed by atoms with E-state index in [0.717, 1.165) is 5.56 Å². The van der Waals surface area contributed by atoms with Gasteiger partial charge in [-0.25, -0.2) is 0 Å². The fraction of sp³-hybridized carbons (Fsp3) is 0.333. The van der Waals surface area contributed by atoms with E-state index in [0.29, 0.717) is 6.42 Å². The van der Waals surface area contributed by atoms with Gasteiger partial charge in [-0.05, 0) is 12.0 Å². The molecule has 5 heteroatoms. The smallest absolute Gasteiger partial charge is 0.312 e. The fourth-order valence-electron chi connectivity index (χ4n) is 1.48. The predicted molar refractivity (Wildman–Crippen MR) is 61.4 cm³/mol. The lowest BCUT2D eigenvalue weighted by Gasteiger charge is -2.15. The number of nitrogens with one attached hydrogen (secondary N) is 1. The number of carbonyl (C=O) groups is 2. The molecular formula is C12H15NO4. The van der Waals surface area contributed by atoms with Crippen LogP contribution in [-0.4, -0.2) is 34.7 Å². The van der Waals surface area contributed by atoms with Crippen molar-refractivity contribution in [3.63, 3.8) is 0 Å². The second kappa shape index (κ2) is 6.65. The van der Waals surface area contributed by atoms with Gasteiger partial charge in [-0.2, -0.15) is 0 Å². The summed E-state index contributed by atoms with van der Waals surface area (Å²) in [6.07, 6.45) is -0.103. The highest BCUT2D eigenvalue weighted by Crippen LogP contribution is 2.03. The highest BCUT2D eigenvalue weighted by atomic mass is 16.4. The van der Waals surface area contributed by atoms with Crippen LogP contribution in [0.1, 0.15) is 12.0 Å². The van der Waals surface area contributed by atoms with Crippen LogP contribution in [0.5, 0.6) is 0 Å². The minimum Gasteiger partial charge on any atom is -0.481 e. The van der Waals surface area contributed by atoms with Crippen LogP contribution in [0.25, 0.3) is 0 Å². The maximum absolute atomic E-state index is 11.2. The molecule has 1 rings (SSSR count). The summed E-state index contributed by atoms with van der Waals surface area (Å²) in [5.74, 6) is -1.77. The van der Waals surface area contributed by atoms with E-state index >= 15 is 0 Å². The first kappa shape index (κ1) is 13.2. The lowest BCUT2D eigenvalue weighted by atomic mass is 10.1. The van der Waals surface area contributed by atoms with Crippen LogP contribution in [0, 0.1) is 0 Å². The SMILES string of the molecule is O=C(O)CC(=O)N[C@H](CO)Cc1ccccc1. The molecule has 1 atom stereocenters. The molecule has 0 unspecified atom stereocenters. The van der Waals surface area contributed by atoms with Gasteiger partial charge in [-0.1, -0.05) is 30.3 Å². The number of hydrogen-bond donors (Lipinski definition) is 3. The van der Waals surface area contributed by atoms with Gasteiger partial charge in [0, 0.05) is 0 Å². The first-order valence-electron chi connectivity index (χ1n) is 5.27. The quantitative estimate of drug-likeness (QED) is 0.616. The molecule has 0 radical (unpaired) electrons. The first-order valence-corrected chi connectivity index (χ1v) is 5.27. The molecule has 0 aliphatic rings. The zero-order valence-electron chi connectivity index (χ0n) is 9.30. The molecule has 1 aromatic carbocycles. The summed E-state index contributed by atoms with van der Waals surface area (Å²) in [5.41, 5.74) is 0.974. The first-order chi connectivity index (χ1) is 8.11. The van der Waals surface area contributed by atoms with Gasteiger partial charge in [0.25, 0.3) is 0 Å². The topological polar surface area (TPSA) is 86.6 Å². The largest absolute Gasteiger partial charge is 0.481 e. The lowest BCUT2D eigenvalue weighted by Crippen LogP contribution is -2.39. The maximum atomic E-state index is 11.2. The van der Waals surface area contributed by atoms with Crippen molar-refractivity contribution < 1.29 is 19.8 Å². The Labute approximate surface area is 99.1 Å². The van der Waals surface area contributed by atoms with Crippen LogP contribution < -0.4 is 5.32 Å². The summed E-state index contributed by atoms with van der Waals surface area (Å²) in [7, 11) is 0. The Morgan fingerprint density at radius 1 is 1.24 bits per heavy atom. The van der Waals surface area contributed by atoms with Crippen molar-refractivity contribution >= 4 is 11.9 Å². The molecule has 0 spiro atoms. The number of benzene rings is 1. The summed E-state index contributed by atoms with van der Waals surface area (Å²) in [6, 6.07) is 8.91. The molecular weight excluding hydrogens is 222 g/mol. The number of aliphatic hydroxyl groups excluding tert-OH is 1. The summed E-state index contributed by atoms with van der Waals surface area (Å²) >= 11 is 0. The molecule has 0 heterocycles. The van der Waals surface area contributed by atoms with E-state index in [1.165, 1.54) is 0 Å². The molecule has 0 saturated carbocycles. The Morgan fingerprint density at radius 2 is 1.88 bits per heavy atom. The highest BCUT2D eigenvalue weighted by molar-refractivity contribution is 5.93.